The highest BCUT2D eigenvalue weighted by molar-refractivity contribution is 6.31. The van der Waals surface area contributed by atoms with Crippen molar-refractivity contribution in [2.45, 2.75) is 33.7 Å². The van der Waals surface area contributed by atoms with Gasteiger partial charge in [-0.2, -0.15) is 10.2 Å². The highest BCUT2D eigenvalue weighted by atomic mass is 35.5. The maximum absolute atomic E-state index is 12.6. The molecule has 27 heavy (non-hydrogen) atoms. The molecular weight excluding hydrogens is 366 g/mol. The molecule has 0 radical (unpaired) electrons. The van der Waals surface area contributed by atoms with Crippen LogP contribution in [0.2, 0.25) is 5.02 Å². The molecule has 0 fully saturated rings. The van der Waals surface area contributed by atoms with Crippen LogP contribution in [0.25, 0.3) is 0 Å². The largest absolute Gasteiger partial charge is 0.471 e. The normalized spacial score (nSPS) is 10.8. The molecule has 1 aromatic carbocycles. The van der Waals surface area contributed by atoms with E-state index in [-0.39, 0.29) is 12.6 Å². The van der Waals surface area contributed by atoms with Crippen LogP contribution >= 0.6 is 11.6 Å². The van der Waals surface area contributed by atoms with Gasteiger partial charge in [-0.1, -0.05) is 29.8 Å². The first kappa shape index (κ1) is 19.0. The van der Waals surface area contributed by atoms with Crippen molar-refractivity contribution < 1.29 is 9.53 Å². The Morgan fingerprint density at radius 1 is 1.22 bits per heavy atom. The van der Waals surface area contributed by atoms with E-state index in [1.165, 1.54) is 0 Å². The van der Waals surface area contributed by atoms with E-state index in [4.69, 9.17) is 16.3 Å². The molecule has 0 N–H and O–H groups in total. The van der Waals surface area contributed by atoms with E-state index in [2.05, 4.69) is 10.2 Å². The lowest BCUT2D eigenvalue weighted by Crippen LogP contribution is -2.27. The van der Waals surface area contributed by atoms with Gasteiger partial charge < -0.3 is 9.64 Å². The molecule has 2 aromatic heterocycles. The van der Waals surface area contributed by atoms with Crippen molar-refractivity contribution >= 4 is 17.5 Å². The van der Waals surface area contributed by atoms with Crippen LogP contribution < -0.4 is 4.74 Å². The molecule has 0 bridgehead atoms. The third-order valence-corrected chi connectivity index (χ3v) is 4.47. The Bertz CT molecular complexity index is 934. The number of aryl methyl sites for hydroxylation is 2. The van der Waals surface area contributed by atoms with Crippen LogP contribution in [0.4, 0.5) is 0 Å². The smallest absolute Gasteiger partial charge is 0.274 e. The van der Waals surface area contributed by atoms with Gasteiger partial charge in [-0.25, -0.2) is 4.68 Å². The number of aromatic nitrogens is 4. The Morgan fingerprint density at radius 3 is 2.70 bits per heavy atom. The molecule has 0 aliphatic rings. The summed E-state index contributed by atoms with van der Waals surface area (Å²) < 4.78 is 9.08. The number of carbonyl (C=O) groups excluding carboxylic acids is 1. The Balaban J connectivity index is 1.62. The fourth-order valence-corrected chi connectivity index (χ4v) is 2.81. The number of para-hydroxylation sites is 1. The quantitative estimate of drug-likeness (QED) is 0.623. The summed E-state index contributed by atoms with van der Waals surface area (Å²) in [7, 11) is 1.70. The number of amides is 1. The third kappa shape index (κ3) is 4.49. The second kappa shape index (κ2) is 8.26. The van der Waals surface area contributed by atoms with Crippen molar-refractivity contribution in [3.05, 3.63) is 64.7 Å². The molecule has 0 spiro atoms. The first-order valence-corrected chi connectivity index (χ1v) is 9.05. The van der Waals surface area contributed by atoms with Crippen molar-refractivity contribution in [3.63, 3.8) is 0 Å². The zero-order chi connectivity index (χ0) is 19.4. The van der Waals surface area contributed by atoms with E-state index in [0.717, 1.165) is 17.9 Å². The van der Waals surface area contributed by atoms with Gasteiger partial charge in [0.1, 0.15) is 11.4 Å². The fourth-order valence-electron chi connectivity index (χ4n) is 2.60. The van der Waals surface area contributed by atoms with Crippen LogP contribution in [0.15, 0.2) is 42.7 Å². The number of ether oxygens (including phenoxy) is 1. The van der Waals surface area contributed by atoms with Crippen LogP contribution in [0, 0.1) is 6.92 Å². The Kier molecular flexibility index (Phi) is 5.81. The number of carbonyl (C=O) groups is 1. The second-order valence-corrected chi connectivity index (χ2v) is 6.63. The van der Waals surface area contributed by atoms with Crippen LogP contribution in [-0.2, 0) is 19.8 Å². The van der Waals surface area contributed by atoms with Crippen molar-refractivity contribution in [2.24, 2.45) is 0 Å². The van der Waals surface area contributed by atoms with Crippen molar-refractivity contribution in [1.82, 2.24) is 24.5 Å². The molecule has 2 heterocycles. The summed E-state index contributed by atoms with van der Waals surface area (Å²) in [5, 5.41) is 9.22. The summed E-state index contributed by atoms with van der Waals surface area (Å²) in [6.45, 7) is 5.23. The molecule has 0 aliphatic carbocycles. The number of benzene rings is 1. The molecule has 7 nitrogen and oxygen atoms in total. The predicted octanol–water partition coefficient (Wildman–Crippen LogP) is 3.37. The van der Waals surface area contributed by atoms with E-state index in [0.29, 0.717) is 23.0 Å². The van der Waals surface area contributed by atoms with E-state index in [1.807, 2.05) is 38.1 Å². The van der Waals surface area contributed by atoms with E-state index in [1.54, 1.807) is 39.8 Å². The summed E-state index contributed by atoms with van der Waals surface area (Å²) in [5.41, 5.74) is 2.05. The van der Waals surface area contributed by atoms with Crippen LogP contribution in [0.3, 0.4) is 0 Å². The Hall–Kier alpha value is -2.80. The van der Waals surface area contributed by atoms with Crippen LogP contribution in [-0.4, -0.2) is 37.4 Å². The summed E-state index contributed by atoms with van der Waals surface area (Å²) in [4.78, 5) is 14.2. The fraction of sp³-hybridized carbons (Fsp3) is 0.316. The summed E-state index contributed by atoms with van der Waals surface area (Å²) in [6.07, 6.45) is 3.48. The molecule has 1 amide bonds. The molecular formula is C19H22ClN5O2. The topological polar surface area (TPSA) is 65.2 Å². The zero-order valence-corrected chi connectivity index (χ0v) is 16.3. The van der Waals surface area contributed by atoms with Gasteiger partial charge in [-0.15, -0.1) is 0 Å². The molecule has 142 valence electrons. The summed E-state index contributed by atoms with van der Waals surface area (Å²) in [6, 6.07) is 9.43. The van der Waals surface area contributed by atoms with E-state index >= 15 is 0 Å². The molecule has 0 atom stereocenters. The number of rotatable bonds is 7. The van der Waals surface area contributed by atoms with E-state index < -0.39 is 0 Å². The second-order valence-electron chi connectivity index (χ2n) is 6.22. The molecule has 3 aromatic rings. The van der Waals surface area contributed by atoms with Gasteiger partial charge in [0.05, 0.1) is 11.6 Å². The highest BCUT2D eigenvalue weighted by Crippen LogP contribution is 2.18. The standard InChI is InChI=1S/C19H22ClN5O2/c1-4-24-11-15(20)17(22-24)12-23(3)19(26)16-9-10-25(21-16)13-27-18-8-6-5-7-14(18)2/h5-11H,4,12-13H2,1-3H3. The minimum absolute atomic E-state index is 0.202. The highest BCUT2D eigenvalue weighted by Gasteiger charge is 2.18. The molecule has 0 unspecified atom stereocenters. The molecule has 8 heteroatoms. The Labute approximate surface area is 163 Å². The minimum Gasteiger partial charge on any atom is -0.471 e. The number of hydrogen-bond donors (Lipinski definition) is 0. The van der Waals surface area contributed by atoms with Gasteiger partial charge in [0.25, 0.3) is 5.91 Å². The number of nitrogens with zero attached hydrogens (tertiary/aromatic N) is 5. The van der Waals surface area contributed by atoms with Crippen LogP contribution in [0.1, 0.15) is 28.7 Å². The molecule has 0 saturated carbocycles. The zero-order valence-electron chi connectivity index (χ0n) is 15.6. The number of halogens is 1. The van der Waals surface area contributed by atoms with Gasteiger partial charge in [-0.05, 0) is 31.5 Å². The van der Waals surface area contributed by atoms with Gasteiger partial charge in [0.15, 0.2) is 12.4 Å². The summed E-state index contributed by atoms with van der Waals surface area (Å²) in [5.74, 6) is 0.589. The van der Waals surface area contributed by atoms with Gasteiger partial charge in [0.2, 0.25) is 0 Å². The predicted molar refractivity (Wildman–Crippen MR) is 103 cm³/mol. The molecule has 0 saturated heterocycles. The average molecular weight is 388 g/mol. The third-order valence-electron chi connectivity index (χ3n) is 4.15. The Morgan fingerprint density at radius 2 is 2.00 bits per heavy atom. The molecule has 3 rings (SSSR count). The van der Waals surface area contributed by atoms with Gasteiger partial charge in [-0.3, -0.25) is 9.48 Å². The van der Waals surface area contributed by atoms with Crippen LogP contribution in [0.5, 0.6) is 5.75 Å². The molecule has 0 aliphatic heterocycles. The van der Waals surface area contributed by atoms with Crippen molar-refractivity contribution in [1.29, 1.82) is 0 Å². The van der Waals surface area contributed by atoms with E-state index in [9.17, 15) is 4.79 Å². The first-order valence-electron chi connectivity index (χ1n) is 8.67. The summed E-state index contributed by atoms with van der Waals surface area (Å²) >= 11 is 6.18. The lowest BCUT2D eigenvalue weighted by Gasteiger charge is -2.14. The maximum Gasteiger partial charge on any atom is 0.274 e. The first-order chi connectivity index (χ1) is 13.0. The lowest BCUT2D eigenvalue weighted by atomic mass is 10.2. The monoisotopic (exact) mass is 387 g/mol. The SMILES string of the molecule is CCn1cc(Cl)c(CN(C)C(=O)c2ccn(COc3ccccc3C)n2)n1. The van der Waals surface area contributed by atoms with Gasteiger partial charge >= 0.3 is 0 Å². The minimum atomic E-state index is -0.202. The average Bonchev–Trinajstić information content (AvgIpc) is 3.27. The maximum atomic E-state index is 12.6. The van der Waals surface area contributed by atoms with Crippen molar-refractivity contribution in [2.75, 3.05) is 7.05 Å². The number of hydrogen-bond acceptors (Lipinski definition) is 4. The van der Waals surface area contributed by atoms with Gasteiger partial charge in [0, 0.05) is 26.0 Å². The van der Waals surface area contributed by atoms with Crippen molar-refractivity contribution in [3.8, 4) is 5.75 Å². The lowest BCUT2D eigenvalue weighted by molar-refractivity contribution is 0.0775.